The number of carbonyl (C=O) groups excluding carboxylic acids is 1. The molecule has 0 aromatic heterocycles. The van der Waals surface area contributed by atoms with Crippen LogP contribution in [0.2, 0.25) is 0 Å². The Morgan fingerprint density at radius 3 is 2.53 bits per heavy atom. The van der Waals surface area contributed by atoms with Crippen molar-refractivity contribution in [1.29, 1.82) is 0 Å². The Balaban J connectivity index is 2.84. The van der Waals surface area contributed by atoms with Crippen LogP contribution in [0.4, 0.5) is 5.69 Å². The zero-order valence-corrected chi connectivity index (χ0v) is 9.81. The molecule has 0 heterocycles. The fourth-order valence-electron chi connectivity index (χ4n) is 1.10. The SMILES string of the molecule is CCOC(=O)/C(Cl)=C\c1ccc([N+](=O)[O-])cc1. The van der Waals surface area contributed by atoms with Crippen LogP contribution in [-0.4, -0.2) is 17.5 Å². The average molecular weight is 256 g/mol. The standard InChI is InChI=1S/C11H10ClNO4/c1-2-17-11(14)10(12)7-8-3-5-9(6-4-8)13(15)16/h3-7H,2H2,1H3/b10-7+. The Kier molecular flexibility index (Phi) is 4.66. The first kappa shape index (κ1) is 13.2. The second kappa shape index (κ2) is 6.00. The van der Waals surface area contributed by atoms with E-state index < -0.39 is 10.9 Å². The smallest absolute Gasteiger partial charge is 0.349 e. The predicted molar refractivity (Wildman–Crippen MR) is 63.6 cm³/mol. The van der Waals surface area contributed by atoms with Crippen molar-refractivity contribution >= 4 is 29.3 Å². The number of halogens is 1. The van der Waals surface area contributed by atoms with E-state index in [1.807, 2.05) is 0 Å². The zero-order chi connectivity index (χ0) is 12.8. The van der Waals surface area contributed by atoms with E-state index in [2.05, 4.69) is 0 Å². The quantitative estimate of drug-likeness (QED) is 0.359. The lowest BCUT2D eigenvalue weighted by Crippen LogP contribution is -2.03. The topological polar surface area (TPSA) is 69.4 Å². The molecule has 0 bridgehead atoms. The maximum absolute atomic E-state index is 11.2. The molecule has 0 amide bonds. The van der Waals surface area contributed by atoms with Crippen LogP contribution in [-0.2, 0) is 9.53 Å². The van der Waals surface area contributed by atoms with Gasteiger partial charge < -0.3 is 4.74 Å². The van der Waals surface area contributed by atoms with E-state index in [-0.39, 0.29) is 17.3 Å². The van der Waals surface area contributed by atoms with Gasteiger partial charge in [-0.1, -0.05) is 11.6 Å². The van der Waals surface area contributed by atoms with E-state index in [4.69, 9.17) is 16.3 Å². The van der Waals surface area contributed by atoms with Crippen molar-refractivity contribution in [2.24, 2.45) is 0 Å². The molecule has 0 radical (unpaired) electrons. The molecular weight excluding hydrogens is 246 g/mol. The van der Waals surface area contributed by atoms with E-state index in [1.165, 1.54) is 30.3 Å². The van der Waals surface area contributed by atoms with Crippen molar-refractivity contribution in [2.75, 3.05) is 6.61 Å². The summed E-state index contributed by atoms with van der Waals surface area (Å²) in [4.78, 5) is 21.1. The van der Waals surface area contributed by atoms with Gasteiger partial charge in [-0.25, -0.2) is 4.79 Å². The number of ether oxygens (including phenoxy) is 1. The van der Waals surface area contributed by atoms with Gasteiger partial charge in [-0.2, -0.15) is 0 Å². The van der Waals surface area contributed by atoms with Crippen LogP contribution in [0.5, 0.6) is 0 Å². The molecule has 0 aliphatic rings. The van der Waals surface area contributed by atoms with Gasteiger partial charge in [0.05, 0.1) is 11.5 Å². The van der Waals surface area contributed by atoms with Crippen LogP contribution < -0.4 is 0 Å². The fraction of sp³-hybridized carbons (Fsp3) is 0.182. The van der Waals surface area contributed by atoms with Gasteiger partial charge in [0.1, 0.15) is 5.03 Å². The Morgan fingerprint density at radius 2 is 2.06 bits per heavy atom. The van der Waals surface area contributed by atoms with Gasteiger partial charge in [-0.05, 0) is 30.7 Å². The Labute approximate surface area is 103 Å². The molecule has 0 spiro atoms. The Hall–Kier alpha value is -1.88. The number of non-ortho nitro benzene ring substituents is 1. The van der Waals surface area contributed by atoms with Crippen molar-refractivity contribution in [2.45, 2.75) is 6.92 Å². The Bertz CT molecular complexity index is 453. The molecule has 17 heavy (non-hydrogen) atoms. The van der Waals surface area contributed by atoms with Gasteiger partial charge in [-0.3, -0.25) is 10.1 Å². The molecule has 0 aliphatic heterocycles. The first-order valence-corrected chi connectivity index (χ1v) is 5.21. The molecule has 90 valence electrons. The first-order valence-electron chi connectivity index (χ1n) is 4.83. The number of nitrogens with zero attached hydrogens (tertiary/aromatic N) is 1. The van der Waals surface area contributed by atoms with Crippen LogP contribution in [0.25, 0.3) is 6.08 Å². The number of rotatable bonds is 4. The maximum atomic E-state index is 11.2. The summed E-state index contributed by atoms with van der Waals surface area (Å²) in [6, 6.07) is 5.67. The predicted octanol–water partition coefficient (Wildman–Crippen LogP) is 2.74. The third kappa shape index (κ3) is 3.88. The third-order valence-electron chi connectivity index (χ3n) is 1.87. The minimum atomic E-state index is -0.618. The fourth-order valence-corrected chi connectivity index (χ4v) is 1.28. The summed E-state index contributed by atoms with van der Waals surface area (Å²) in [5.74, 6) is -0.618. The Morgan fingerprint density at radius 1 is 1.47 bits per heavy atom. The van der Waals surface area contributed by atoms with Gasteiger partial charge in [0.2, 0.25) is 0 Å². The average Bonchev–Trinajstić information content (AvgIpc) is 2.30. The molecule has 0 unspecified atom stereocenters. The second-order valence-corrected chi connectivity index (χ2v) is 3.47. The van der Waals surface area contributed by atoms with Gasteiger partial charge in [0.25, 0.3) is 5.69 Å². The molecule has 6 heteroatoms. The molecule has 1 rings (SSSR count). The molecule has 0 atom stereocenters. The monoisotopic (exact) mass is 255 g/mol. The summed E-state index contributed by atoms with van der Waals surface area (Å²) >= 11 is 5.70. The van der Waals surface area contributed by atoms with Crippen molar-refractivity contribution in [3.8, 4) is 0 Å². The summed E-state index contributed by atoms with van der Waals surface area (Å²) in [6.07, 6.45) is 1.39. The van der Waals surface area contributed by atoms with E-state index >= 15 is 0 Å². The number of nitro groups is 1. The molecule has 5 nitrogen and oxygen atoms in total. The molecular formula is C11H10ClNO4. The number of esters is 1. The molecule has 0 N–H and O–H groups in total. The van der Waals surface area contributed by atoms with Gasteiger partial charge >= 0.3 is 5.97 Å². The minimum Gasteiger partial charge on any atom is -0.462 e. The lowest BCUT2D eigenvalue weighted by Gasteiger charge is -1.99. The highest BCUT2D eigenvalue weighted by atomic mass is 35.5. The van der Waals surface area contributed by atoms with Crippen LogP contribution in [0, 0.1) is 10.1 Å². The first-order chi connectivity index (χ1) is 8.04. The molecule has 1 aromatic rings. The molecule has 0 saturated carbocycles. The highest BCUT2D eigenvalue weighted by molar-refractivity contribution is 6.43. The largest absolute Gasteiger partial charge is 0.462 e. The molecule has 0 fully saturated rings. The summed E-state index contributed by atoms with van der Waals surface area (Å²) in [7, 11) is 0. The van der Waals surface area contributed by atoms with Crippen molar-refractivity contribution in [3.05, 3.63) is 45.0 Å². The van der Waals surface area contributed by atoms with Gasteiger partial charge in [0, 0.05) is 12.1 Å². The van der Waals surface area contributed by atoms with Crippen LogP contribution in [0.15, 0.2) is 29.3 Å². The normalized spacial score (nSPS) is 11.1. The number of nitro benzene ring substituents is 1. The maximum Gasteiger partial charge on any atom is 0.349 e. The highest BCUT2D eigenvalue weighted by Gasteiger charge is 2.08. The van der Waals surface area contributed by atoms with E-state index in [0.29, 0.717) is 5.56 Å². The van der Waals surface area contributed by atoms with Crippen LogP contribution in [0.3, 0.4) is 0 Å². The molecule has 0 saturated heterocycles. The molecule has 0 aliphatic carbocycles. The van der Waals surface area contributed by atoms with Crippen molar-refractivity contribution < 1.29 is 14.5 Å². The number of benzene rings is 1. The van der Waals surface area contributed by atoms with Crippen LogP contribution in [0.1, 0.15) is 12.5 Å². The minimum absolute atomic E-state index is 0.0191. The molecule has 1 aromatic carbocycles. The lowest BCUT2D eigenvalue weighted by molar-refractivity contribution is -0.384. The van der Waals surface area contributed by atoms with Crippen LogP contribution >= 0.6 is 11.6 Å². The summed E-state index contributed by atoms with van der Waals surface area (Å²) in [6.45, 7) is 1.91. The van der Waals surface area contributed by atoms with E-state index in [0.717, 1.165) is 0 Å². The van der Waals surface area contributed by atoms with E-state index in [9.17, 15) is 14.9 Å². The summed E-state index contributed by atoms with van der Waals surface area (Å²) < 4.78 is 4.69. The van der Waals surface area contributed by atoms with E-state index in [1.54, 1.807) is 6.92 Å². The third-order valence-corrected chi connectivity index (χ3v) is 2.13. The van der Waals surface area contributed by atoms with Gasteiger partial charge in [0.15, 0.2) is 0 Å². The zero-order valence-electron chi connectivity index (χ0n) is 9.05. The van der Waals surface area contributed by atoms with Gasteiger partial charge in [-0.15, -0.1) is 0 Å². The lowest BCUT2D eigenvalue weighted by atomic mass is 10.2. The summed E-state index contributed by atoms with van der Waals surface area (Å²) in [5, 5.41) is 10.3. The van der Waals surface area contributed by atoms with Crippen molar-refractivity contribution in [1.82, 2.24) is 0 Å². The summed E-state index contributed by atoms with van der Waals surface area (Å²) in [5.41, 5.74) is 0.572. The second-order valence-electron chi connectivity index (χ2n) is 3.06. The highest BCUT2D eigenvalue weighted by Crippen LogP contribution is 2.16. The number of carbonyl (C=O) groups is 1. The number of hydrogen-bond donors (Lipinski definition) is 0. The van der Waals surface area contributed by atoms with Crippen molar-refractivity contribution in [3.63, 3.8) is 0 Å². The number of hydrogen-bond acceptors (Lipinski definition) is 4.